The second-order valence-corrected chi connectivity index (χ2v) is 6.59. The van der Waals surface area contributed by atoms with Gasteiger partial charge in [0.05, 0.1) is 23.8 Å². The molecule has 4 rings (SSSR count). The highest BCUT2D eigenvalue weighted by Crippen LogP contribution is 2.36. The molecule has 0 amide bonds. The van der Waals surface area contributed by atoms with Crippen molar-refractivity contribution in [2.45, 2.75) is 39.0 Å². The molecule has 0 bridgehead atoms. The minimum absolute atomic E-state index is 0.607. The topological polar surface area (TPSA) is 57.4 Å². The van der Waals surface area contributed by atoms with Gasteiger partial charge in [-0.25, -0.2) is 9.97 Å². The maximum Gasteiger partial charge on any atom is 0.103 e. The van der Waals surface area contributed by atoms with E-state index >= 15 is 0 Å². The molecule has 0 aliphatic heterocycles. The third-order valence-electron chi connectivity index (χ3n) is 4.86. The molecule has 0 radical (unpaired) electrons. The van der Waals surface area contributed by atoms with Gasteiger partial charge in [0.1, 0.15) is 11.6 Å². The van der Waals surface area contributed by atoms with Gasteiger partial charge in [-0.3, -0.25) is 0 Å². The zero-order valence-corrected chi connectivity index (χ0v) is 14.1. The molecule has 0 spiro atoms. The molecule has 24 heavy (non-hydrogen) atoms. The number of allylic oxidation sites excluding steroid dienone is 2. The molecular weight excluding hydrogens is 296 g/mol. The Bertz CT molecular complexity index is 867. The quantitative estimate of drug-likeness (QED) is 0.731. The number of benzene rings is 1. The zero-order valence-electron chi connectivity index (χ0n) is 14.1. The molecular formula is C20H22N4. The fraction of sp³-hybridized carbons (Fsp3) is 0.300. The number of imidazole rings is 2. The fourth-order valence-electron chi connectivity index (χ4n) is 3.47. The van der Waals surface area contributed by atoms with E-state index < -0.39 is 0 Å². The molecule has 1 unspecified atom stereocenters. The average molecular weight is 318 g/mol. The highest BCUT2D eigenvalue weighted by atomic mass is 14.9. The summed E-state index contributed by atoms with van der Waals surface area (Å²) in [6.45, 7) is 3.98. The minimum atomic E-state index is 0.607. The Labute approximate surface area is 142 Å². The van der Waals surface area contributed by atoms with E-state index in [0.717, 1.165) is 30.2 Å². The Kier molecular flexibility index (Phi) is 3.81. The number of H-pyrrole nitrogens is 2. The molecule has 2 heterocycles. The van der Waals surface area contributed by atoms with Crippen molar-refractivity contribution in [2.24, 2.45) is 0 Å². The Morgan fingerprint density at radius 2 is 1.58 bits per heavy atom. The third kappa shape index (κ3) is 2.92. The Hall–Kier alpha value is -2.62. The summed E-state index contributed by atoms with van der Waals surface area (Å²) in [5.74, 6) is 2.54. The second-order valence-electron chi connectivity index (χ2n) is 6.59. The first-order valence-corrected chi connectivity index (χ1v) is 8.52. The van der Waals surface area contributed by atoms with Crippen LogP contribution in [0.3, 0.4) is 0 Å². The second kappa shape index (κ2) is 6.11. The lowest BCUT2D eigenvalue weighted by Crippen LogP contribution is -2.04. The number of hydrogen-bond acceptors (Lipinski definition) is 2. The van der Waals surface area contributed by atoms with Crippen LogP contribution < -0.4 is 0 Å². The number of hydrogen-bond donors (Lipinski definition) is 2. The molecule has 2 aromatic heterocycles. The van der Waals surface area contributed by atoms with E-state index in [1.54, 1.807) is 0 Å². The van der Waals surface area contributed by atoms with Gasteiger partial charge in [-0.2, -0.15) is 0 Å². The van der Waals surface area contributed by atoms with Crippen molar-refractivity contribution in [3.05, 3.63) is 65.6 Å². The van der Waals surface area contributed by atoms with Gasteiger partial charge in [0, 0.05) is 0 Å². The monoisotopic (exact) mass is 318 g/mol. The summed E-state index contributed by atoms with van der Waals surface area (Å²) in [4.78, 5) is 15.2. The van der Waals surface area contributed by atoms with Gasteiger partial charge in [-0.05, 0) is 55.7 Å². The van der Waals surface area contributed by atoms with Crippen molar-refractivity contribution in [2.75, 3.05) is 0 Å². The highest BCUT2D eigenvalue weighted by molar-refractivity contribution is 5.64. The number of nitrogens with zero attached hydrogens (tertiary/aromatic N) is 2. The van der Waals surface area contributed by atoms with Crippen molar-refractivity contribution in [3.63, 3.8) is 0 Å². The molecule has 1 aromatic carbocycles. The minimum Gasteiger partial charge on any atom is -0.343 e. The summed E-state index contributed by atoms with van der Waals surface area (Å²) in [5, 5.41) is 0. The molecule has 0 fully saturated rings. The summed E-state index contributed by atoms with van der Waals surface area (Å²) in [6, 6.07) is 8.91. The lowest BCUT2D eigenvalue weighted by molar-refractivity contribution is 0.625. The Balaban J connectivity index is 1.48. The number of rotatable bonds is 3. The number of aryl methyl sites for hydroxylation is 2. The molecule has 4 heteroatoms. The van der Waals surface area contributed by atoms with Gasteiger partial charge >= 0.3 is 0 Å². The first-order valence-electron chi connectivity index (χ1n) is 8.52. The summed E-state index contributed by atoms with van der Waals surface area (Å²) < 4.78 is 0. The molecule has 3 aromatic rings. The van der Waals surface area contributed by atoms with E-state index in [9.17, 15) is 0 Å². The SMILES string of the molecule is Cc1ncc(C2=CCC(c3ccc(-c4cnc(C)[nH]4)cc3)CC2)[nH]1. The summed E-state index contributed by atoms with van der Waals surface area (Å²) in [5.41, 5.74) is 6.28. The van der Waals surface area contributed by atoms with Crippen LogP contribution in [-0.4, -0.2) is 19.9 Å². The lowest BCUT2D eigenvalue weighted by atomic mass is 9.83. The number of aromatic nitrogens is 4. The van der Waals surface area contributed by atoms with Gasteiger partial charge in [-0.15, -0.1) is 0 Å². The number of aromatic amines is 2. The van der Waals surface area contributed by atoms with Crippen molar-refractivity contribution in [3.8, 4) is 11.3 Å². The fourth-order valence-corrected chi connectivity index (χ4v) is 3.47. The highest BCUT2D eigenvalue weighted by Gasteiger charge is 2.18. The van der Waals surface area contributed by atoms with Crippen LogP contribution in [0.15, 0.2) is 42.7 Å². The summed E-state index contributed by atoms with van der Waals surface area (Å²) in [7, 11) is 0. The maximum atomic E-state index is 4.30. The standard InChI is InChI=1S/C20H22N4/c1-13-21-11-19(23-13)17-7-3-15(4-8-17)16-5-9-18(10-6-16)20-12-22-14(2)24-20/h3-4,7-9,11-12,16H,5-6,10H2,1-2H3,(H,21,23)(H,22,24). The van der Waals surface area contributed by atoms with Crippen LogP contribution in [-0.2, 0) is 0 Å². The molecule has 4 nitrogen and oxygen atoms in total. The smallest absolute Gasteiger partial charge is 0.103 e. The van der Waals surface area contributed by atoms with E-state index in [0.29, 0.717) is 5.92 Å². The normalized spacial score (nSPS) is 17.8. The van der Waals surface area contributed by atoms with Crippen LogP contribution in [0.25, 0.3) is 16.8 Å². The predicted octanol–water partition coefficient (Wildman–Crippen LogP) is 4.77. The largest absolute Gasteiger partial charge is 0.343 e. The van der Waals surface area contributed by atoms with Crippen LogP contribution in [0.1, 0.15) is 48.1 Å². The van der Waals surface area contributed by atoms with Crippen LogP contribution in [0, 0.1) is 13.8 Å². The summed E-state index contributed by atoms with van der Waals surface area (Å²) >= 11 is 0. The Morgan fingerprint density at radius 1 is 0.917 bits per heavy atom. The van der Waals surface area contributed by atoms with E-state index in [-0.39, 0.29) is 0 Å². The van der Waals surface area contributed by atoms with Crippen LogP contribution in [0.2, 0.25) is 0 Å². The van der Waals surface area contributed by atoms with E-state index in [1.165, 1.54) is 28.8 Å². The molecule has 1 aliphatic carbocycles. The van der Waals surface area contributed by atoms with Crippen molar-refractivity contribution < 1.29 is 0 Å². The number of nitrogens with one attached hydrogen (secondary N) is 2. The predicted molar refractivity (Wildman–Crippen MR) is 96.7 cm³/mol. The van der Waals surface area contributed by atoms with Crippen LogP contribution >= 0.6 is 0 Å². The van der Waals surface area contributed by atoms with E-state index in [2.05, 4.69) is 50.3 Å². The van der Waals surface area contributed by atoms with E-state index in [4.69, 9.17) is 0 Å². The maximum absolute atomic E-state index is 4.30. The van der Waals surface area contributed by atoms with Crippen LogP contribution in [0.5, 0.6) is 0 Å². The first-order chi connectivity index (χ1) is 11.7. The van der Waals surface area contributed by atoms with Gasteiger partial charge in [0.2, 0.25) is 0 Å². The molecule has 2 N–H and O–H groups in total. The van der Waals surface area contributed by atoms with Gasteiger partial charge in [-0.1, -0.05) is 30.3 Å². The van der Waals surface area contributed by atoms with Gasteiger partial charge in [0.15, 0.2) is 0 Å². The molecule has 1 aliphatic rings. The molecule has 122 valence electrons. The van der Waals surface area contributed by atoms with Crippen molar-refractivity contribution in [1.82, 2.24) is 19.9 Å². The average Bonchev–Trinajstić information content (AvgIpc) is 3.24. The van der Waals surface area contributed by atoms with Gasteiger partial charge < -0.3 is 9.97 Å². The van der Waals surface area contributed by atoms with Crippen molar-refractivity contribution in [1.29, 1.82) is 0 Å². The molecule has 0 saturated carbocycles. The van der Waals surface area contributed by atoms with Crippen LogP contribution in [0.4, 0.5) is 0 Å². The van der Waals surface area contributed by atoms with Crippen molar-refractivity contribution >= 4 is 5.57 Å². The molecule has 1 atom stereocenters. The Morgan fingerprint density at radius 3 is 2.12 bits per heavy atom. The van der Waals surface area contributed by atoms with Gasteiger partial charge in [0.25, 0.3) is 0 Å². The van der Waals surface area contributed by atoms with E-state index in [1.807, 2.05) is 26.2 Å². The molecule has 0 saturated heterocycles. The first kappa shape index (κ1) is 14.9. The summed E-state index contributed by atoms with van der Waals surface area (Å²) in [6.07, 6.45) is 9.60. The third-order valence-corrected chi connectivity index (χ3v) is 4.86. The lowest BCUT2D eigenvalue weighted by Gasteiger charge is -2.22. The zero-order chi connectivity index (χ0) is 16.5.